The number of hydrogen-bond acceptors (Lipinski definition) is 5. The zero-order valence-electron chi connectivity index (χ0n) is 11.3. The average Bonchev–Trinajstić information content (AvgIpc) is 2.38. The zero-order valence-corrected chi connectivity index (χ0v) is 12.1. The quantitative estimate of drug-likeness (QED) is 0.860. The predicted octanol–water partition coefficient (Wildman–Crippen LogP) is 1.80. The Morgan fingerprint density at radius 3 is 2.68 bits per heavy atom. The van der Waals surface area contributed by atoms with Gasteiger partial charge in [0.15, 0.2) is 9.84 Å². The van der Waals surface area contributed by atoms with Crippen molar-refractivity contribution >= 4 is 15.5 Å². The Labute approximate surface area is 114 Å². The van der Waals surface area contributed by atoms with Crippen LogP contribution in [0.3, 0.4) is 0 Å². The number of nitrogens with one attached hydrogen (secondary N) is 1. The van der Waals surface area contributed by atoms with E-state index in [1.54, 1.807) is 32.0 Å². The van der Waals surface area contributed by atoms with Crippen molar-refractivity contribution in [3.05, 3.63) is 23.8 Å². The minimum atomic E-state index is -3.03. The fraction of sp³-hybridized carbons (Fsp3) is 0.462. The van der Waals surface area contributed by atoms with Crippen LogP contribution in [0.1, 0.15) is 19.4 Å². The first kappa shape index (κ1) is 15.3. The van der Waals surface area contributed by atoms with Gasteiger partial charge < -0.3 is 10.1 Å². The van der Waals surface area contributed by atoms with Gasteiger partial charge in [-0.25, -0.2) is 8.42 Å². The molecule has 0 fully saturated rings. The molecule has 0 aliphatic rings. The molecule has 0 aliphatic heterocycles. The first-order chi connectivity index (χ1) is 8.91. The Bertz CT molecular complexity index is 576. The van der Waals surface area contributed by atoms with Gasteiger partial charge in [0, 0.05) is 17.9 Å². The van der Waals surface area contributed by atoms with Crippen molar-refractivity contribution in [2.24, 2.45) is 0 Å². The summed E-state index contributed by atoms with van der Waals surface area (Å²) in [5.74, 6) is 0.718. The van der Waals surface area contributed by atoms with Gasteiger partial charge in [-0.05, 0) is 19.1 Å². The van der Waals surface area contributed by atoms with Gasteiger partial charge in [0.05, 0.1) is 30.2 Å². The molecular weight excluding hydrogens is 264 g/mol. The first-order valence-electron chi connectivity index (χ1n) is 5.97. The molecule has 0 heterocycles. The van der Waals surface area contributed by atoms with Crippen molar-refractivity contribution < 1.29 is 13.2 Å². The van der Waals surface area contributed by atoms with Crippen LogP contribution in [0, 0.1) is 11.3 Å². The van der Waals surface area contributed by atoms with Crippen LogP contribution >= 0.6 is 0 Å². The van der Waals surface area contributed by atoms with Gasteiger partial charge in [-0.3, -0.25) is 0 Å². The molecular formula is C13H18N2O3S. The molecule has 1 aromatic rings. The molecule has 0 bridgehead atoms. The third kappa shape index (κ3) is 4.45. The molecule has 104 valence electrons. The second-order valence-electron chi connectivity index (χ2n) is 4.27. The number of nitriles is 1. The van der Waals surface area contributed by atoms with E-state index < -0.39 is 9.84 Å². The SMILES string of the molecule is CCS(=O)(=O)CC(C)Nc1ccc(C#N)cc1OC. The van der Waals surface area contributed by atoms with Gasteiger partial charge >= 0.3 is 0 Å². The highest BCUT2D eigenvalue weighted by atomic mass is 32.2. The summed E-state index contributed by atoms with van der Waals surface area (Å²) < 4.78 is 28.3. The van der Waals surface area contributed by atoms with Crippen molar-refractivity contribution in [3.8, 4) is 11.8 Å². The van der Waals surface area contributed by atoms with Gasteiger partial charge in [0.2, 0.25) is 0 Å². The Hall–Kier alpha value is -1.74. The highest BCUT2D eigenvalue weighted by Gasteiger charge is 2.15. The van der Waals surface area contributed by atoms with Gasteiger partial charge in [0.25, 0.3) is 0 Å². The van der Waals surface area contributed by atoms with Crippen LogP contribution < -0.4 is 10.1 Å². The van der Waals surface area contributed by atoms with E-state index in [0.717, 1.165) is 0 Å². The molecule has 0 saturated heterocycles. The molecule has 0 radical (unpaired) electrons. The number of nitrogens with zero attached hydrogens (tertiary/aromatic N) is 1. The van der Waals surface area contributed by atoms with E-state index in [1.807, 2.05) is 6.07 Å². The Kier molecular flexibility index (Phi) is 5.19. The topological polar surface area (TPSA) is 79.2 Å². The molecule has 0 amide bonds. The smallest absolute Gasteiger partial charge is 0.152 e. The number of hydrogen-bond donors (Lipinski definition) is 1. The standard InChI is InChI=1S/C13H18N2O3S/c1-4-19(16,17)9-10(2)15-12-6-5-11(8-14)7-13(12)18-3/h5-7,10,15H,4,9H2,1-3H3. The summed E-state index contributed by atoms with van der Waals surface area (Å²) in [6, 6.07) is 6.78. The van der Waals surface area contributed by atoms with Crippen molar-refractivity contribution in [2.45, 2.75) is 19.9 Å². The monoisotopic (exact) mass is 282 g/mol. The molecule has 6 heteroatoms. The third-order valence-electron chi connectivity index (χ3n) is 2.68. The molecule has 5 nitrogen and oxygen atoms in total. The third-order valence-corrected chi connectivity index (χ3v) is 4.56. The minimum Gasteiger partial charge on any atom is -0.495 e. The maximum Gasteiger partial charge on any atom is 0.152 e. The Morgan fingerprint density at radius 1 is 1.47 bits per heavy atom. The van der Waals surface area contributed by atoms with Gasteiger partial charge in [0.1, 0.15) is 5.75 Å². The number of ether oxygens (including phenoxy) is 1. The normalized spacial score (nSPS) is 12.5. The molecule has 0 saturated carbocycles. The van der Waals surface area contributed by atoms with E-state index in [1.165, 1.54) is 7.11 Å². The first-order valence-corrected chi connectivity index (χ1v) is 7.79. The number of benzene rings is 1. The lowest BCUT2D eigenvalue weighted by atomic mass is 10.2. The molecule has 0 aliphatic carbocycles. The van der Waals surface area contributed by atoms with Gasteiger partial charge in [-0.2, -0.15) is 5.26 Å². The van der Waals surface area contributed by atoms with Crippen LogP contribution in [0.2, 0.25) is 0 Å². The number of anilines is 1. The highest BCUT2D eigenvalue weighted by Crippen LogP contribution is 2.26. The molecule has 1 unspecified atom stereocenters. The van der Waals surface area contributed by atoms with Crippen molar-refractivity contribution in [1.82, 2.24) is 0 Å². The summed E-state index contributed by atoms with van der Waals surface area (Å²) in [4.78, 5) is 0. The molecule has 1 aromatic carbocycles. The molecule has 0 aromatic heterocycles. The van der Waals surface area contributed by atoms with Crippen molar-refractivity contribution in [2.75, 3.05) is 23.9 Å². The van der Waals surface area contributed by atoms with E-state index in [2.05, 4.69) is 5.32 Å². The van der Waals surface area contributed by atoms with Gasteiger partial charge in [-0.1, -0.05) is 6.92 Å². The second kappa shape index (κ2) is 6.43. The highest BCUT2D eigenvalue weighted by molar-refractivity contribution is 7.91. The fourth-order valence-corrected chi connectivity index (χ4v) is 2.77. The summed E-state index contributed by atoms with van der Waals surface area (Å²) in [5, 5.41) is 11.9. The zero-order chi connectivity index (χ0) is 14.5. The predicted molar refractivity (Wildman–Crippen MR) is 75.1 cm³/mol. The van der Waals surface area contributed by atoms with Crippen LogP contribution in [-0.2, 0) is 9.84 Å². The molecule has 1 rings (SSSR count). The summed E-state index contributed by atoms with van der Waals surface area (Å²) >= 11 is 0. The molecule has 19 heavy (non-hydrogen) atoms. The Morgan fingerprint density at radius 2 is 2.16 bits per heavy atom. The summed E-state index contributed by atoms with van der Waals surface area (Å²) in [5.41, 5.74) is 1.18. The maximum atomic E-state index is 11.5. The maximum absolute atomic E-state index is 11.5. The number of sulfone groups is 1. The van der Waals surface area contributed by atoms with E-state index in [4.69, 9.17) is 10.00 Å². The van der Waals surface area contributed by atoms with Crippen LogP contribution in [0.5, 0.6) is 5.75 Å². The summed E-state index contributed by atoms with van der Waals surface area (Å²) in [7, 11) is -1.52. The molecule has 1 N–H and O–H groups in total. The van der Waals surface area contributed by atoms with E-state index in [9.17, 15) is 8.42 Å². The largest absolute Gasteiger partial charge is 0.495 e. The van der Waals surface area contributed by atoms with E-state index in [0.29, 0.717) is 17.0 Å². The van der Waals surface area contributed by atoms with E-state index in [-0.39, 0.29) is 17.5 Å². The van der Waals surface area contributed by atoms with Crippen molar-refractivity contribution in [3.63, 3.8) is 0 Å². The van der Waals surface area contributed by atoms with Gasteiger partial charge in [-0.15, -0.1) is 0 Å². The van der Waals surface area contributed by atoms with Crippen molar-refractivity contribution in [1.29, 1.82) is 5.26 Å². The number of rotatable bonds is 6. The van der Waals surface area contributed by atoms with Crippen LogP contribution in [0.25, 0.3) is 0 Å². The second-order valence-corrected chi connectivity index (χ2v) is 6.67. The molecule has 0 spiro atoms. The van der Waals surface area contributed by atoms with Crippen LogP contribution in [0.4, 0.5) is 5.69 Å². The van der Waals surface area contributed by atoms with Crippen LogP contribution in [-0.4, -0.2) is 33.1 Å². The van der Waals surface area contributed by atoms with E-state index >= 15 is 0 Å². The fourth-order valence-electron chi connectivity index (χ4n) is 1.69. The lowest BCUT2D eigenvalue weighted by Crippen LogP contribution is -2.26. The Balaban J connectivity index is 2.85. The summed E-state index contributed by atoms with van der Waals surface area (Å²) in [6.07, 6.45) is 0. The average molecular weight is 282 g/mol. The molecule has 1 atom stereocenters. The summed E-state index contributed by atoms with van der Waals surface area (Å²) in [6.45, 7) is 3.43. The van der Waals surface area contributed by atoms with Crippen LogP contribution in [0.15, 0.2) is 18.2 Å². The minimum absolute atomic E-state index is 0.0622. The lowest BCUT2D eigenvalue weighted by Gasteiger charge is -2.17. The number of methoxy groups -OCH3 is 1. The lowest BCUT2D eigenvalue weighted by molar-refractivity contribution is 0.416.